The molecule has 1 aliphatic rings. The van der Waals surface area contributed by atoms with Gasteiger partial charge < -0.3 is 10.6 Å². The Morgan fingerprint density at radius 1 is 1.41 bits per heavy atom. The van der Waals surface area contributed by atoms with E-state index < -0.39 is 0 Å². The van der Waals surface area contributed by atoms with Crippen molar-refractivity contribution in [2.24, 2.45) is 5.73 Å². The predicted molar refractivity (Wildman–Crippen MR) is 73.9 cm³/mol. The van der Waals surface area contributed by atoms with Crippen LogP contribution < -0.4 is 5.73 Å². The Morgan fingerprint density at radius 2 is 1.94 bits per heavy atom. The Kier molecular flexibility index (Phi) is 5.33. The van der Waals surface area contributed by atoms with E-state index in [1.54, 1.807) is 19.0 Å². The Balaban J connectivity index is 2.73. The largest absolute Gasteiger partial charge is 0.392 e. The number of hydrogen-bond donors (Lipinski definition) is 1. The van der Waals surface area contributed by atoms with Crippen molar-refractivity contribution in [2.75, 3.05) is 20.6 Å². The van der Waals surface area contributed by atoms with Crippen molar-refractivity contribution in [3.63, 3.8) is 0 Å². The second-order valence-corrected chi connectivity index (χ2v) is 5.51. The van der Waals surface area contributed by atoms with Crippen LogP contribution in [-0.2, 0) is 4.79 Å². The van der Waals surface area contributed by atoms with Crippen molar-refractivity contribution in [3.8, 4) is 0 Å². The highest BCUT2D eigenvalue weighted by Gasteiger charge is 2.30. The quantitative estimate of drug-likeness (QED) is 0.746. The minimum absolute atomic E-state index is 0.119. The van der Waals surface area contributed by atoms with Gasteiger partial charge in [0.1, 0.15) is 0 Å². The molecule has 17 heavy (non-hydrogen) atoms. The molecular formula is C12H23N3OS. The van der Waals surface area contributed by atoms with Crippen LogP contribution in [0.3, 0.4) is 0 Å². The third kappa shape index (κ3) is 3.92. The van der Waals surface area contributed by atoms with Gasteiger partial charge in [-0.05, 0) is 19.8 Å². The maximum absolute atomic E-state index is 12.0. The predicted octanol–water partition coefficient (Wildman–Crippen LogP) is 0.994. The van der Waals surface area contributed by atoms with Gasteiger partial charge in [0.25, 0.3) is 0 Å². The first-order chi connectivity index (χ1) is 7.93. The Morgan fingerprint density at radius 3 is 2.35 bits per heavy atom. The molecular weight excluding hydrogens is 234 g/mol. The third-order valence-electron chi connectivity index (χ3n) is 3.43. The summed E-state index contributed by atoms with van der Waals surface area (Å²) in [7, 11) is 3.57. The van der Waals surface area contributed by atoms with Crippen molar-refractivity contribution >= 4 is 23.1 Å². The smallest absolute Gasteiger partial charge is 0.239 e. The molecule has 1 saturated carbocycles. The molecule has 2 N–H and O–H groups in total. The second kappa shape index (κ2) is 6.31. The van der Waals surface area contributed by atoms with Crippen LogP contribution in [-0.4, -0.2) is 53.4 Å². The molecule has 0 aliphatic heterocycles. The summed E-state index contributed by atoms with van der Waals surface area (Å²) in [6, 6.07) is 0.310. The van der Waals surface area contributed by atoms with E-state index in [2.05, 4.69) is 4.90 Å². The van der Waals surface area contributed by atoms with E-state index in [1.165, 1.54) is 12.8 Å². The summed E-state index contributed by atoms with van der Waals surface area (Å²) in [5, 5.41) is 0. The number of nitrogens with zero attached hydrogens (tertiary/aromatic N) is 2. The summed E-state index contributed by atoms with van der Waals surface area (Å²) in [6.45, 7) is 2.49. The van der Waals surface area contributed by atoms with Gasteiger partial charge in [-0.2, -0.15) is 0 Å². The number of amides is 1. The van der Waals surface area contributed by atoms with Crippen LogP contribution in [0, 0.1) is 0 Å². The van der Waals surface area contributed by atoms with Crippen LogP contribution in [0.1, 0.15) is 32.6 Å². The lowest BCUT2D eigenvalue weighted by molar-refractivity contribution is -0.134. The van der Waals surface area contributed by atoms with Gasteiger partial charge in [-0.15, -0.1) is 0 Å². The standard InChI is InChI=1S/C12H23N3OS/c1-9(12(16)14(2)3)15(8-11(13)17)10-6-4-5-7-10/h9-10H,4-8H2,1-3H3,(H2,13,17). The average Bonchev–Trinajstić information content (AvgIpc) is 2.76. The molecule has 1 atom stereocenters. The summed E-state index contributed by atoms with van der Waals surface area (Å²) < 4.78 is 0. The van der Waals surface area contributed by atoms with Crippen LogP contribution in [0.2, 0.25) is 0 Å². The Hall–Kier alpha value is -0.680. The van der Waals surface area contributed by atoms with Crippen LogP contribution in [0.5, 0.6) is 0 Å². The van der Waals surface area contributed by atoms with Crippen molar-refractivity contribution in [3.05, 3.63) is 0 Å². The van der Waals surface area contributed by atoms with Crippen LogP contribution in [0.15, 0.2) is 0 Å². The van der Waals surface area contributed by atoms with Crippen LogP contribution in [0.4, 0.5) is 0 Å². The van der Waals surface area contributed by atoms with Gasteiger partial charge in [0.05, 0.1) is 11.0 Å². The van der Waals surface area contributed by atoms with E-state index in [0.29, 0.717) is 17.6 Å². The summed E-state index contributed by atoms with van der Waals surface area (Å²) in [5.74, 6) is 0.119. The average molecular weight is 257 g/mol. The molecule has 5 heteroatoms. The van der Waals surface area contributed by atoms with Crippen LogP contribution >= 0.6 is 12.2 Å². The minimum Gasteiger partial charge on any atom is -0.392 e. The third-order valence-corrected chi connectivity index (χ3v) is 3.56. The summed E-state index contributed by atoms with van der Waals surface area (Å²) in [6.07, 6.45) is 4.77. The van der Waals surface area contributed by atoms with E-state index in [4.69, 9.17) is 18.0 Å². The molecule has 0 aromatic carbocycles. The number of hydrogen-bond acceptors (Lipinski definition) is 3. The van der Waals surface area contributed by atoms with E-state index in [-0.39, 0.29) is 11.9 Å². The molecule has 0 bridgehead atoms. The van der Waals surface area contributed by atoms with Crippen molar-refractivity contribution in [2.45, 2.75) is 44.7 Å². The normalized spacial score (nSPS) is 18.4. The van der Waals surface area contributed by atoms with Gasteiger partial charge in [-0.1, -0.05) is 25.1 Å². The monoisotopic (exact) mass is 257 g/mol. The fourth-order valence-electron chi connectivity index (χ4n) is 2.51. The SMILES string of the molecule is CC(C(=O)N(C)C)N(CC(N)=S)C1CCCC1. The molecule has 4 nitrogen and oxygen atoms in total. The molecule has 0 spiro atoms. The summed E-state index contributed by atoms with van der Waals surface area (Å²) in [5.41, 5.74) is 5.64. The molecule has 0 aromatic rings. The number of likely N-dealkylation sites (N-methyl/N-ethyl adjacent to an activating group) is 1. The highest BCUT2D eigenvalue weighted by Crippen LogP contribution is 2.25. The van der Waals surface area contributed by atoms with Gasteiger partial charge in [0.15, 0.2) is 0 Å². The van der Waals surface area contributed by atoms with Gasteiger partial charge in [0.2, 0.25) is 5.91 Å². The Bertz CT molecular complexity index is 287. The zero-order valence-electron chi connectivity index (χ0n) is 11.0. The molecule has 1 fully saturated rings. The van der Waals surface area contributed by atoms with Gasteiger partial charge in [-0.3, -0.25) is 9.69 Å². The molecule has 0 saturated heterocycles. The first-order valence-electron chi connectivity index (χ1n) is 6.18. The molecule has 1 rings (SSSR count). The van der Waals surface area contributed by atoms with E-state index in [0.717, 1.165) is 12.8 Å². The number of carbonyl (C=O) groups excluding carboxylic acids is 1. The fraction of sp³-hybridized carbons (Fsp3) is 0.833. The Labute approximate surface area is 109 Å². The molecule has 1 unspecified atom stereocenters. The highest BCUT2D eigenvalue weighted by molar-refractivity contribution is 7.80. The first-order valence-corrected chi connectivity index (χ1v) is 6.59. The van der Waals surface area contributed by atoms with Crippen molar-refractivity contribution in [1.29, 1.82) is 0 Å². The maximum Gasteiger partial charge on any atom is 0.239 e. The summed E-state index contributed by atoms with van der Waals surface area (Å²) >= 11 is 4.99. The van der Waals surface area contributed by atoms with E-state index >= 15 is 0 Å². The number of rotatable bonds is 5. The fourth-order valence-corrected chi connectivity index (χ4v) is 2.66. The lowest BCUT2D eigenvalue weighted by atomic mass is 10.1. The number of nitrogens with two attached hydrogens (primary N) is 1. The minimum atomic E-state index is -0.144. The molecule has 1 amide bonds. The topological polar surface area (TPSA) is 49.6 Å². The van der Waals surface area contributed by atoms with Gasteiger partial charge in [-0.25, -0.2) is 0 Å². The van der Waals surface area contributed by atoms with Crippen molar-refractivity contribution in [1.82, 2.24) is 9.80 Å². The lowest BCUT2D eigenvalue weighted by Gasteiger charge is -2.34. The zero-order valence-corrected chi connectivity index (χ0v) is 11.8. The molecule has 0 radical (unpaired) electrons. The molecule has 1 aliphatic carbocycles. The van der Waals surface area contributed by atoms with Crippen molar-refractivity contribution < 1.29 is 4.79 Å². The van der Waals surface area contributed by atoms with E-state index in [1.807, 2.05) is 6.92 Å². The summed E-state index contributed by atoms with van der Waals surface area (Å²) in [4.78, 5) is 16.3. The van der Waals surface area contributed by atoms with Gasteiger partial charge in [0, 0.05) is 26.7 Å². The number of carbonyl (C=O) groups is 1. The second-order valence-electron chi connectivity index (χ2n) is 4.99. The lowest BCUT2D eigenvalue weighted by Crippen LogP contribution is -2.51. The maximum atomic E-state index is 12.0. The molecule has 0 aromatic heterocycles. The molecule has 0 heterocycles. The van der Waals surface area contributed by atoms with E-state index in [9.17, 15) is 4.79 Å². The van der Waals surface area contributed by atoms with Gasteiger partial charge >= 0.3 is 0 Å². The molecule has 98 valence electrons. The number of thiocarbonyl (C=S) groups is 1. The first kappa shape index (κ1) is 14.4. The highest BCUT2D eigenvalue weighted by atomic mass is 32.1. The van der Waals surface area contributed by atoms with Crippen LogP contribution in [0.25, 0.3) is 0 Å². The zero-order chi connectivity index (χ0) is 13.0.